The average Bonchev–Trinajstić information content (AvgIpc) is 2.18. The van der Waals surface area contributed by atoms with E-state index < -0.39 is 0 Å². The summed E-state index contributed by atoms with van der Waals surface area (Å²) in [6.45, 7) is 5.05. The minimum absolute atomic E-state index is 0.856. The van der Waals surface area contributed by atoms with Crippen LogP contribution in [0.5, 0.6) is 0 Å². The molecule has 0 amide bonds. The molecule has 13 heavy (non-hydrogen) atoms. The Balaban J connectivity index is 1.81. The Morgan fingerprint density at radius 2 is 2.23 bits per heavy atom. The molecular weight excluding hydrogens is 160 g/mol. The van der Waals surface area contributed by atoms with Gasteiger partial charge in [0.1, 0.15) is 0 Å². The summed E-state index contributed by atoms with van der Waals surface area (Å²) in [5.74, 6) is 1.86. The first-order chi connectivity index (χ1) is 6.43. The zero-order valence-corrected chi connectivity index (χ0v) is 8.08. The molecule has 72 valence electrons. The van der Waals surface area contributed by atoms with Crippen molar-refractivity contribution in [1.82, 2.24) is 10.2 Å². The van der Waals surface area contributed by atoms with Crippen LogP contribution >= 0.6 is 0 Å². The minimum atomic E-state index is 0.856. The van der Waals surface area contributed by atoms with Crippen molar-refractivity contribution in [3.05, 3.63) is 12.2 Å². The molecule has 0 radical (unpaired) electrons. The molecule has 0 aromatic heterocycles. The van der Waals surface area contributed by atoms with Gasteiger partial charge in [-0.05, 0) is 37.8 Å². The summed E-state index contributed by atoms with van der Waals surface area (Å²) >= 11 is 0. The third-order valence-electron chi connectivity index (χ3n) is 3.87. The Bertz CT molecular complexity index is 224. The maximum absolute atomic E-state index is 3.57. The maximum Gasteiger partial charge on any atom is 0.0174 e. The highest BCUT2D eigenvalue weighted by molar-refractivity contribution is 5.03. The second kappa shape index (κ2) is 3.10. The van der Waals surface area contributed by atoms with Gasteiger partial charge >= 0.3 is 0 Å². The lowest BCUT2D eigenvalue weighted by molar-refractivity contribution is 0.0400. The number of rotatable bonds is 0. The second-order valence-electron chi connectivity index (χ2n) is 4.75. The van der Waals surface area contributed by atoms with Crippen molar-refractivity contribution in [3.63, 3.8) is 0 Å². The lowest BCUT2D eigenvalue weighted by Gasteiger charge is -2.48. The van der Waals surface area contributed by atoms with Crippen LogP contribution in [-0.4, -0.2) is 37.1 Å². The summed E-state index contributed by atoms with van der Waals surface area (Å²) in [6, 6.07) is 0.856. The molecule has 2 saturated heterocycles. The number of nitrogens with zero attached hydrogens (tertiary/aromatic N) is 1. The Kier molecular flexibility index (Phi) is 1.91. The van der Waals surface area contributed by atoms with Gasteiger partial charge in [0.05, 0.1) is 0 Å². The van der Waals surface area contributed by atoms with Crippen LogP contribution in [0.15, 0.2) is 12.2 Å². The van der Waals surface area contributed by atoms with Crippen molar-refractivity contribution in [2.75, 3.05) is 26.2 Å². The summed E-state index contributed by atoms with van der Waals surface area (Å²) in [7, 11) is 0. The van der Waals surface area contributed by atoms with Gasteiger partial charge in [0.2, 0.25) is 0 Å². The molecule has 0 aromatic carbocycles. The van der Waals surface area contributed by atoms with Gasteiger partial charge in [-0.1, -0.05) is 12.2 Å². The van der Waals surface area contributed by atoms with Gasteiger partial charge in [0.15, 0.2) is 0 Å². The minimum Gasteiger partial charge on any atom is -0.316 e. The van der Waals surface area contributed by atoms with E-state index in [1.165, 1.54) is 39.0 Å². The molecule has 0 aromatic rings. The number of fused-ring (bicyclic) bond motifs is 4. The molecule has 2 heteroatoms. The quantitative estimate of drug-likeness (QED) is 0.553. The van der Waals surface area contributed by atoms with E-state index in [1.807, 2.05) is 0 Å². The molecule has 0 spiro atoms. The highest BCUT2D eigenvalue weighted by Gasteiger charge is 2.37. The SMILES string of the molecule is C1=CCN2CC3CNCC(C3)C2C1. The predicted molar refractivity (Wildman–Crippen MR) is 53.6 cm³/mol. The first-order valence-corrected chi connectivity index (χ1v) is 5.53. The molecule has 3 rings (SSSR count). The van der Waals surface area contributed by atoms with Crippen molar-refractivity contribution < 1.29 is 0 Å². The third-order valence-corrected chi connectivity index (χ3v) is 3.87. The fourth-order valence-electron chi connectivity index (χ4n) is 3.26. The number of nitrogens with one attached hydrogen (secondary N) is 1. The molecule has 3 aliphatic heterocycles. The Morgan fingerprint density at radius 1 is 1.23 bits per heavy atom. The van der Waals surface area contributed by atoms with E-state index in [4.69, 9.17) is 0 Å². The van der Waals surface area contributed by atoms with Crippen LogP contribution in [0.2, 0.25) is 0 Å². The summed E-state index contributed by atoms with van der Waals surface area (Å²) < 4.78 is 0. The van der Waals surface area contributed by atoms with Crippen LogP contribution in [0.1, 0.15) is 12.8 Å². The summed E-state index contributed by atoms with van der Waals surface area (Å²) in [4.78, 5) is 2.69. The summed E-state index contributed by atoms with van der Waals surface area (Å²) in [5.41, 5.74) is 0. The van der Waals surface area contributed by atoms with Gasteiger partial charge < -0.3 is 5.32 Å². The average molecular weight is 178 g/mol. The van der Waals surface area contributed by atoms with Crippen LogP contribution in [0.3, 0.4) is 0 Å². The van der Waals surface area contributed by atoms with Crippen LogP contribution in [0.4, 0.5) is 0 Å². The molecule has 0 saturated carbocycles. The van der Waals surface area contributed by atoms with Gasteiger partial charge in [-0.2, -0.15) is 0 Å². The normalized spacial score (nSPS) is 44.5. The van der Waals surface area contributed by atoms with Gasteiger partial charge in [-0.3, -0.25) is 4.90 Å². The van der Waals surface area contributed by atoms with Gasteiger partial charge in [-0.15, -0.1) is 0 Å². The smallest absolute Gasteiger partial charge is 0.0174 e. The van der Waals surface area contributed by atoms with E-state index in [2.05, 4.69) is 22.4 Å². The lowest BCUT2D eigenvalue weighted by atomic mass is 9.78. The monoisotopic (exact) mass is 178 g/mol. The molecule has 1 N–H and O–H groups in total. The standard InChI is InChI=1S/C11H18N2/c1-2-4-13-8-9-5-10(7-12-6-9)11(13)3-1/h1-2,9-12H,3-8H2. The van der Waals surface area contributed by atoms with E-state index in [0.29, 0.717) is 0 Å². The van der Waals surface area contributed by atoms with Crippen LogP contribution in [0, 0.1) is 11.8 Å². The van der Waals surface area contributed by atoms with Crippen LogP contribution in [-0.2, 0) is 0 Å². The predicted octanol–water partition coefficient (Wildman–Crippen LogP) is 0.856. The Hall–Kier alpha value is -0.340. The van der Waals surface area contributed by atoms with E-state index in [9.17, 15) is 0 Å². The second-order valence-corrected chi connectivity index (χ2v) is 4.75. The van der Waals surface area contributed by atoms with Gasteiger partial charge in [0.25, 0.3) is 0 Å². The van der Waals surface area contributed by atoms with Crippen molar-refractivity contribution in [3.8, 4) is 0 Å². The van der Waals surface area contributed by atoms with E-state index in [1.54, 1.807) is 0 Å². The Morgan fingerprint density at radius 3 is 3.23 bits per heavy atom. The molecule has 3 heterocycles. The maximum atomic E-state index is 3.57. The molecule has 2 nitrogen and oxygen atoms in total. The Labute approximate surface area is 80.0 Å². The highest BCUT2D eigenvalue weighted by atomic mass is 15.2. The molecule has 3 aliphatic rings. The molecule has 2 bridgehead atoms. The zero-order valence-electron chi connectivity index (χ0n) is 8.08. The fraction of sp³-hybridized carbons (Fsp3) is 0.818. The lowest BCUT2D eigenvalue weighted by Crippen LogP contribution is -2.57. The van der Waals surface area contributed by atoms with Crippen molar-refractivity contribution in [1.29, 1.82) is 0 Å². The highest BCUT2D eigenvalue weighted by Crippen LogP contribution is 2.32. The number of hydrogen-bond acceptors (Lipinski definition) is 2. The summed E-state index contributed by atoms with van der Waals surface area (Å²) in [6.07, 6.45) is 7.47. The zero-order chi connectivity index (χ0) is 8.67. The number of piperidine rings is 2. The third kappa shape index (κ3) is 1.32. The van der Waals surface area contributed by atoms with E-state index in [-0.39, 0.29) is 0 Å². The molecule has 3 atom stereocenters. The van der Waals surface area contributed by atoms with Gasteiger partial charge in [-0.25, -0.2) is 0 Å². The van der Waals surface area contributed by atoms with Crippen molar-refractivity contribution in [2.24, 2.45) is 11.8 Å². The van der Waals surface area contributed by atoms with Crippen LogP contribution < -0.4 is 5.32 Å². The molecule has 3 unspecified atom stereocenters. The topological polar surface area (TPSA) is 15.3 Å². The van der Waals surface area contributed by atoms with Crippen molar-refractivity contribution >= 4 is 0 Å². The van der Waals surface area contributed by atoms with Gasteiger partial charge in [0, 0.05) is 19.1 Å². The van der Waals surface area contributed by atoms with Crippen molar-refractivity contribution in [2.45, 2.75) is 18.9 Å². The largest absolute Gasteiger partial charge is 0.316 e. The molecule has 2 fully saturated rings. The molecule has 0 aliphatic carbocycles. The first kappa shape index (κ1) is 8.01. The number of hydrogen-bond donors (Lipinski definition) is 1. The summed E-state index contributed by atoms with van der Waals surface area (Å²) in [5, 5.41) is 3.57. The van der Waals surface area contributed by atoms with E-state index >= 15 is 0 Å². The first-order valence-electron chi connectivity index (χ1n) is 5.53. The fourth-order valence-corrected chi connectivity index (χ4v) is 3.26. The molecular formula is C11H18N2. The van der Waals surface area contributed by atoms with E-state index in [0.717, 1.165) is 17.9 Å². The van der Waals surface area contributed by atoms with Crippen LogP contribution in [0.25, 0.3) is 0 Å².